The Hall–Kier alpha value is -0.650. The third kappa shape index (κ3) is 2.78. The van der Waals surface area contributed by atoms with Crippen LogP contribution in [-0.4, -0.2) is 55.4 Å². The monoisotopic (exact) mass is 242 g/mol. The summed E-state index contributed by atoms with van der Waals surface area (Å²) >= 11 is 0. The first-order chi connectivity index (χ1) is 8.11. The minimum Gasteiger partial charge on any atom is -0.370 e. The number of carbonyl (C=O) groups excluding carboxylic acids is 1. The van der Waals surface area contributed by atoms with Crippen molar-refractivity contribution in [2.45, 2.75) is 38.6 Å². The number of morpholine rings is 1. The van der Waals surface area contributed by atoms with E-state index in [4.69, 9.17) is 15.2 Å². The first-order valence-electron chi connectivity index (χ1n) is 6.37. The summed E-state index contributed by atoms with van der Waals surface area (Å²) in [4.78, 5) is 14.2. The van der Waals surface area contributed by atoms with Crippen LogP contribution in [0, 0.1) is 5.92 Å². The van der Waals surface area contributed by atoms with E-state index < -0.39 is 0 Å². The van der Waals surface area contributed by atoms with Gasteiger partial charge in [0, 0.05) is 26.2 Å². The predicted molar refractivity (Wildman–Crippen MR) is 63.5 cm³/mol. The van der Waals surface area contributed by atoms with Crippen molar-refractivity contribution in [1.82, 2.24) is 4.90 Å². The van der Waals surface area contributed by atoms with Gasteiger partial charge in [-0.2, -0.15) is 0 Å². The van der Waals surface area contributed by atoms with Crippen LogP contribution < -0.4 is 5.73 Å². The zero-order valence-corrected chi connectivity index (χ0v) is 10.6. The molecule has 4 unspecified atom stereocenters. The summed E-state index contributed by atoms with van der Waals surface area (Å²) in [5.74, 6) is 0.417. The Labute approximate surface area is 102 Å². The summed E-state index contributed by atoms with van der Waals surface area (Å²) in [6.45, 7) is 6.42. The van der Waals surface area contributed by atoms with Crippen LogP contribution in [0.25, 0.3) is 0 Å². The van der Waals surface area contributed by atoms with Crippen molar-refractivity contribution in [3.8, 4) is 0 Å². The molecule has 4 atom stereocenters. The fraction of sp³-hybridized carbons (Fsp3) is 0.917. The van der Waals surface area contributed by atoms with Crippen molar-refractivity contribution in [3.05, 3.63) is 0 Å². The van der Waals surface area contributed by atoms with Gasteiger partial charge >= 0.3 is 0 Å². The second-order valence-corrected chi connectivity index (χ2v) is 5.10. The van der Waals surface area contributed by atoms with E-state index in [2.05, 4.69) is 6.92 Å². The molecule has 0 saturated carbocycles. The summed E-state index contributed by atoms with van der Waals surface area (Å²) in [6, 6.07) is 0. The third-order valence-electron chi connectivity index (χ3n) is 3.53. The molecule has 17 heavy (non-hydrogen) atoms. The van der Waals surface area contributed by atoms with Crippen LogP contribution in [0.5, 0.6) is 0 Å². The summed E-state index contributed by atoms with van der Waals surface area (Å²) in [7, 11) is 0. The second-order valence-electron chi connectivity index (χ2n) is 5.10. The Morgan fingerprint density at radius 3 is 2.76 bits per heavy atom. The number of hydrogen-bond acceptors (Lipinski definition) is 4. The summed E-state index contributed by atoms with van der Waals surface area (Å²) in [5.41, 5.74) is 5.61. The van der Waals surface area contributed by atoms with Crippen LogP contribution in [0.1, 0.15) is 20.3 Å². The van der Waals surface area contributed by atoms with Crippen molar-refractivity contribution in [2.75, 3.05) is 26.2 Å². The maximum Gasteiger partial charge on any atom is 0.252 e. The Balaban J connectivity index is 1.98. The molecule has 5 heteroatoms. The fourth-order valence-corrected chi connectivity index (χ4v) is 2.55. The maximum atomic E-state index is 12.3. The first kappa shape index (κ1) is 12.8. The average molecular weight is 242 g/mol. The lowest BCUT2D eigenvalue weighted by atomic mass is 10.0. The third-order valence-corrected chi connectivity index (χ3v) is 3.53. The van der Waals surface area contributed by atoms with Crippen molar-refractivity contribution >= 4 is 5.91 Å². The van der Waals surface area contributed by atoms with E-state index in [0.717, 1.165) is 6.42 Å². The molecule has 98 valence electrons. The number of nitrogens with zero attached hydrogens (tertiary/aromatic N) is 1. The quantitative estimate of drug-likeness (QED) is 0.739. The summed E-state index contributed by atoms with van der Waals surface area (Å²) in [6.07, 6.45) is 0.715. The van der Waals surface area contributed by atoms with Gasteiger partial charge in [-0.1, -0.05) is 6.92 Å². The van der Waals surface area contributed by atoms with Crippen molar-refractivity contribution in [3.63, 3.8) is 0 Å². The highest BCUT2D eigenvalue weighted by atomic mass is 16.5. The van der Waals surface area contributed by atoms with E-state index in [1.54, 1.807) is 0 Å². The van der Waals surface area contributed by atoms with E-state index in [0.29, 0.717) is 32.2 Å². The Morgan fingerprint density at radius 2 is 2.18 bits per heavy atom. The van der Waals surface area contributed by atoms with E-state index in [1.807, 2.05) is 11.8 Å². The molecule has 0 aromatic carbocycles. The Bertz CT molecular complexity index is 285. The highest BCUT2D eigenvalue weighted by Crippen LogP contribution is 2.23. The molecule has 2 aliphatic rings. The molecule has 2 fully saturated rings. The molecule has 2 N–H and O–H groups in total. The van der Waals surface area contributed by atoms with Gasteiger partial charge in [0.1, 0.15) is 6.10 Å². The van der Waals surface area contributed by atoms with Gasteiger partial charge in [0.2, 0.25) is 0 Å². The maximum absolute atomic E-state index is 12.3. The highest BCUT2D eigenvalue weighted by Gasteiger charge is 2.37. The van der Waals surface area contributed by atoms with E-state index >= 15 is 0 Å². The average Bonchev–Trinajstić information content (AvgIpc) is 2.73. The molecular weight excluding hydrogens is 220 g/mol. The number of hydrogen-bond donors (Lipinski definition) is 1. The van der Waals surface area contributed by atoms with Crippen LogP contribution >= 0.6 is 0 Å². The van der Waals surface area contributed by atoms with Gasteiger partial charge in [0.05, 0.1) is 12.2 Å². The number of rotatable bonds is 2. The smallest absolute Gasteiger partial charge is 0.252 e. The largest absolute Gasteiger partial charge is 0.370 e. The zero-order chi connectivity index (χ0) is 12.4. The van der Waals surface area contributed by atoms with Crippen LogP contribution in [0.2, 0.25) is 0 Å². The van der Waals surface area contributed by atoms with Crippen LogP contribution in [0.3, 0.4) is 0 Å². The molecule has 0 spiro atoms. The second kappa shape index (κ2) is 5.33. The molecule has 0 aromatic rings. The topological polar surface area (TPSA) is 64.8 Å². The number of amides is 1. The van der Waals surface area contributed by atoms with Crippen LogP contribution in [0.15, 0.2) is 0 Å². The molecule has 0 bridgehead atoms. The van der Waals surface area contributed by atoms with E-state index in [-0.39, 0.29) is 24.2 Å². The molecule has 2 rings (SSSR count). The molecule has 0 aromatic heterocycles. The van der Waals surface area contributed by atoms with Crippen molar-refractivity contribution in [2.24, 2.45) is 11.7 Å². The van der Waals surface area contributed by atoms with Crippen LogP contribution in [-0.2, 0) is 14.3 Å². The fourth-order valence-electron chi connectivity index (χ4n) is 2.55. The minimum atomic E-state index is -0.265. The number of carbonyl (C=O) groups is 1. The zero-order valence-electron chi connectivity index (χ0n) is 10.6. The minimum absolute atomic E-state index is 0.0422. The lowest BCUT2D eigenvalue weighted by Gasteiger charge is -2.37. The van der Waals surface area contributed by atoms with Gasteiger partial charge in [-0.15, -0.1) is 0 Å². The predicted octanol–water partition coefficient (Wildman–Crippen LogP) is -0.0140. The van der Waals surface area contributed by atoms with Gasteiger partial charge in [-0.3, -0.25) is 4.79 Å². The standard InChI is InChI=1S/C12H22N2O3/c1-8-3-4-16-11(8)12(15)14-6-9(2)17-10(5-13)7-14/h8-11H,3-7,13H2,1-2H3. The van der Waals surface area contributed by atoms with E-state index in [9.17, 15) is 4.79 Å². The summed E-state index contributed by atoms with van der Waals surface area (Å²) < 4.78 is 11.2. The first-order valence-corrected chi connectivity index (χ1v) is 6.37. The lowest BCUT2D eigenvalue weighted by molar-refractivity contribution is -0.154. The molecule has 1 amide bonds. The molecular formula is C12H22N2O3. The molecule has 2 aliphatic heterocycles. The lowest BCUT2D eigenvalue weighted by Crippen LogP contribution is -2.54. The van der Waals surface area contributed by atoms with Gasteiger partial charge in [0.25, 0.3) is 5.91 Å². The van der Waals surface area contributed by atoms with Crippen LogP contribution in [0.4, 0.5) is 0 Å². The molecule has 2 saturated heterocycles. The number of ether oxygens (including phenoxy) is 2. The molecule has 2 heterocycles. The highest BCUT2D eigenvalue weighted by molar-refractivity contribution is 5.81. The van der Waals surface area contributed by atoms with Gasteiger partial charge in [0.15, 0.2) is 0 Å². The van der Waals surface area contributed by atoms with E-state index in [1.165, 1.54) is 0 Å². The Kier molecular flexibility index (Phi) is 4.01. The molecule has 0 aliphatic carbocycles. The van der Waals surface area contributed by atoms with Gasteiger partial charge in [-0.05, 0) is 19.3 Å². The normalized spacial score (nSPS) is 38.4. The van der Waals surface area contributed by atoms with Crippen molar-refractivity contribution in [1.29, 1.82) is 0 Å². The SMILES string of the molecule is CC1CN(C(=O)C2OCCC2C)CC(CN)O1. The number of nitrogens with two attached hydrogens (primary N) is 1. The molecule has 0 radical (unpaired) electrons. The Morgan fingerprint density at radius 1 is 1.41 bits per heavy atom. The van der Waals surface area contributed by atoms with Gasteiger partial charge < -0.3 is 20.1 Å². The van der Waals surface area contributed by atoms with Crippen molar-refractivity contribution < 1.29 is 14.3 Å². The van der Waals surface area contributed by atoms with Gasteiger partial charge in [-0.25, -0.2) is 0 Å². The summed E-state index contributed by atoms with van der Waals surface area (Å²) in [5, 5.41) is 0. The molecule has 5 nitrogen and oxygen atoms in total.